The van der Waals surface area contributed by atoms with Crippen LogP contribution in [0.3, 0.4) is 0 Å². The maximum absolute atomic E-state index is 13.4. The number of benzene rings is 1. The van der Waals surface area contributed by atoms with Gasteiger partial charge < -0.3 is 0 Å². The molecule has 0 spiro atoms. The smallest absolute Gasteiger partial charge is 0.108 e. The predicted octanol–water partition coefficient (Wildman–Crippen LogP) is 3.29. The van der Waals surface area contributed by atoms with Gasteiger partial charge in [-0.1, -0.05) is 36.4 Å². The van der Waals surface area contributed by atoms with Crippen LogP contribution >= 0.6 is 0 Å². The van der Waals surface area contributed by atoms with Crippen molar-refractivity contribution in [2.24, 2.45) is 0 Å². The summed E-state index contributed by atoms with van der Waals surface area (Å²) in [5.41, 5.74) is 2.39. The van der Waals surface area contributed by atoms with Crippen molar-refractivity contribution in [1.29, 1.82) is 0 Å². The van der Waals surface area contributed by atoms with Gasteiger partial charge in [0.2, 0.25) is 0 Å². The summed E-state index contributed by atoms with van der Waals surface area (Å²) in [6.45, 7) is 0. The van der Waals surface area contributed by atoms with Crippen LogP contribution < -0.4 is 0 Å². The predicted molar refractivity (Wildman–Crippen MR) is 50.3 cm³/mol. The summed E-state index contributed by atoms with van der Waals surface area (Å²) in [4.78, 5) is 0. The van der Waals surface area contributed by atoms with Gasteiger partial charge in [0.25, 0.3) is 0 Å². The number of allylic oxidation sites excluding steroid dienone is 4. The van der Waals surface area contributed by atoms with Gasteiger partial charge in [-0.15, -0.1) is 0 Å². The van der Waals surface area contributed by atoms with Crippen molar-refractivity contribution in [2.75, 3.05) is 0 Å². The van der Waals surface area contributed by atoms with Gasteiger partial charge in [0, 0.05) is 5.92 Å². The van der Waals surface area contributed by atoms with E-state index >= 15 is 0 Å². The molecule has 2 unspecified atom stereocenters. The maximum atomic E-state index is 13.4. The molecule has 0 heterocycles. The lowest BCUT2D eigenvalue weighted by molar-refractivity contribution is 0.556. The summed E-state index contributed by atoms with van der Waals surface area (Å²) in [6, 6.07) is 8.09. The SMILES string of the molecule is FC1=CC2C=CC1c1ccccc12. The lowest BCUT2D eigenvalue weighted by atomic mass is 9.76. The Morgan fingerprint density at radius 1 is 1.00 bits per heavy atom. The first-order chi connectivity index (χ1) is 6.36. The molecule has 3 aliphatic carbocycles. The van der Waals surface area contributed by atoms with Gasteiger partial charge in [0.1, 0.15) is 5.83 Å². The van der Waals surface area contributed by atoms with Crippen LogP contribution in [0.15, 0.2) is 48.3 Å². The van der Waals surface area contributed by atoms with E-state index in [1.165, 1.54) is 5.56 Å². The lowest BCUT2D eigenvalue weighted by Crippen LogP contribution is -2.14. The molecule has 1 aromatic rings. The van der Waals surface area contributed by atoms with Crippen LogP contribution in [0.1, 0.15) is 23.0 Å². The third-order valence-corrected chi connectivity index (χ3v) is 2.84. The standard InChI is InChI=1S/C12H9F/c13-12-7-8-5-6-11(12)10-4-2-1-3-9(8)10/h1-8,11H. The summed E-state index contributed by atoms with van der Waals surface area (Å²) in [5.74, 6) is 0.0635. The van der Waals surface area contributed by atoms with Crippen molar-refractivity contribution in [2.45, 2.75) is 11.8 Å². The Hall–Kier alpha value is -1.37. The van der Waals surface area contributed by atoms with E-state index in [1.807, 2.05) is 24.3 Å². The molecule has 13 heavy (non-hydrogen) atoms. The Morgan fingerprint density at radius 3 is 2.54 bits per heavy atom. The molecule has 0 fully saturated rings. The lowest BCUT2D eigenvalue weighted by Gasteiger charge is -2.29. The number of hydrogen-bond acceptors (Lipinski definition) is 0. The van der Waals surface area contributed by atoms with Crippen LogP contribution in [0.2, 0.25) is 0 Å². The summed E-state index contributed by atoms with van der Waals surface area (Å²) in [6.07, 6.45) is 5.76. The van der Waals surface area contributed by atoms with E-state index in [2.05, 4.69) is 12.1 Å². The minimum atomic E-state index is -0.110. The van der Waals surface area contributed by atoms with E-state index in [0.29, 0.717) is 0 Å². The summed E-state index contributed by atoms with van der Waals surface area (Å²) in [5, 5.41) is 0. The van der Waals surface area contributed by atoms with E-state index in [-0.39, 0.29) is 17.7 Å². The van der Waals surface area contributed by atoms with E-state index in [4.69, 9.17) is 0 Å². The molecule has 0 saturated carbocycles. The minimum Gasteiger partial charge on any atom is -0.211 e. The fourth-order valence-corrected chi connectivity index (χ4v) is 2.20. The topological polar surface area (TPSA) is 0 Å². The quantitative estimate of drug-likeness (QED) is 0.527. The fraction of sp³-hybridized carbons (Fsp3) is 0.167. The van der Waals surface area contributed by atoms with Crippen molar-refractivity contribution in [3.8, 4) is 0 Å². The molecule has 64 valence electrons. The third kappa shape index (κ3) is 0.844. The molecular formula is C12H9F. The molecule has 0 nitrogen and oxygen atoms in total. The average Bonchev–Trinajstić information content (AvgIpc) is 2.19. The second-order valence-electron chi connectivity index (χ2n) is 3.57. The van der Waals surface area contributed by atoms with Gasteiger partial charge >= 0.3 is 0 Å². The highest BCUT2D eigenvalue weighted by atomic mass is 19.1. The normalized spacial score (nSPS) is 28.5. The number of rotatable bonds is 0. The van der Waals surface area contributed by atoms with Gasteiger partial charge in [-0.2, -0.15) is 0 Å². The van der Waals surface area contributed by atoms with Gasteiger partial charge in [-0.25, -0.2) is 4.39 Å². The van der Waals surface area contributed by atoms with Crippen molar-refractivity contribution >= 4 is 0 Å². The third-order valence-electron chi connectivity index (χ3n) is 2.84. The fourth-order valence-electron chi connectivity index (χ4n) is 2.20. The van der Waals surface area contributed by atoms with Crippen LogP contribution in [0, 0.1) is 0 Å². The monoisotopic (exact) mass is 172 g/mol. The second kappa shape index (κ2) is 2.32. The van der Waals surface area contributed by atoms with Gasteiger partial charge in [-0.3, -0.25) is 0 Å². The molecule has 0 N–H and O–H groups in total. The first kappa shape index (κ1) is 7.07. The van der Waals surface area contributed by atoms with Gasteiger partial charge in [0.15, 0.2) is 0 Å². The minimum absolute atomic E-state index is 0.00574. The van der Waals surface area contributed by atoms with Gasteiger partial charge in [-0.05, 0) is 17.2 Å². The van der Waals surface area contributed by atoms with E-state index in [9.17, 15) is 4.39 Å². The molecule has 2 atom stereocenters. The highest BCUT2D eigenvalue weighted by Crippen LogP contribution is 2.44. The second-order valence-corrected chi connectivity index (χ2v) is 3.57. The zero-order valence-corrected chi connectivity index (χ0v) is 7.07. The Bertz CT molecular complexity index is 415. The number of hydrogen-bond donors (Lipinski definition) is 0. The molecule has 0 aliphatic heterocycles. The van der Waals surface area contributed by atoms with E-state index in [0.717, 1.165) is 5.56 Å². The van der Waals surface area contributed by atoms with Gasteiger partial charge in [0.05, 0.1) is 5.92 Å². The Labute approximate surface area is 76.4 Å². The molecule has 0 aromatic heterocycles. The molecule has 2 bridgehead atoms. The molecule has 0 saturated heterocycles. The van der Waals surface area contributed by atoms with E-state index in [1.54, 1.807) is 6.08 Å². The van der Waals surface area contributed by atoms with Crippen LogP contribution in [0.5, 0.6) is 0 Å². The molecule has 1 heteroatoms. The molecular weight excluding hydrogens is 163 g/mol. The zero-order valence-electron chi connectivity index (χ0n) is 7.07. The van der Waals surface area contributed by atoms with Crippen LogP contribution in [0.4, 0.5) is 4.39 Å². The van der Waals surface area contributed by atoms with Crippen LogP contribution in [-0.4, -0.2) is 0 Å². The molecule has 1 aromatic carbocycles. The highest BCUT2D eigenvalue weighted by molar-refractivity contribution is 5.51. The Kier molecular flexibility index (Phi) is 1.26. The summed E-state index contributed by atoms with van der Waals surface area (Å²) < 4.78 is 13.4. The van der Waals surface area contributed by atoms with Crippen molar-refractivity contribution in [3.05, 3.63) is 59.4 Å². The molecule has 0 radical (unpaired) electrons. The Balaban J connectivity index is 2.26. The van der Waals surface area contributed by atoms with Crippen molar-refractivity contribution in [3.63, 3.8) is 0 Å². The summed E-state index contributed by atoms with van der Waals surface area (Å²) >= 11 is 0. The van der Waals surface area contributed by atoms with Crippen LogP contribution in [-0.2, 0) is 0 Å². The Morgan fingerprint density at radius 2 is 1.77 bits per heavy atom. The summed E-state index contributed by atoms with van der Waals surface area (Å²) in [7, 11) is 0. The highest BCUT2D eigenvalue weighted by Gasteiger charge is 2.29. The molecule has 0 amide bonds. The first-order valence-electron chi connectivity index (χ1n) is 4.50. The average molecular weight is 172 g/mol. The molecule has 4 rings (SSSR count). The number of halogens is 1. The largest absolute Gasteiger partial charge is 0.211 e. The molecule has 3 aliphatic rings. The zero-order chi connectivity index (χ0) is 8.84. The maximum Gasteiger partial charge on any atom is 0.108 e. The van der Waals surface area contributed by atoms with Crippen molar-refractivity contribution < 1.29 is 4.39 Å². The van der Waals surface area contributed by atoms with E-state index < -0.39 is 0 Å². The van der Waals surface area contributed by atoms with Crippen molar-refractivity contribution in [1.82, 2.24) is 0 Å². The van der Waals surface area contributed by atoms with Crippen LogP contribution in [0.25, 0.3) is 0 Å². The first-order valence-corrected chi connectivity index (χ1v) is 4.50.